The van der Waals surface area contributed by atoms with Crippen molar-refractivity contribution in [1.82, 2.24) is 0 Å². The lowest BCUT2D eigenvalue weighted by Crippen LogP contribution is -1.97. The van der Waals surface area contributed by atoms with Crippen LogP contribution in [-0.4, -0.2) is 5.97 Å². The van der Waals surface area contributed by atoms with Gasteiger partial charge in [-0.2, -0.15) is 0 Å². The molecular formula is C18H12Cl2O2. The van der Waals surface area contributed by atoms with Crippen LogP contribution in [0.3, 0.4) is 0 Å². The molecule has 1 heterocycles. The number of cyclic esters (lactones) is 1. The molecule has 2 nitrogen and oxygen atoms in total. The fourth-order valence-electron chi connectivity index (χ4n) is 2.15. The highest BCUT2D eigenvalue weighted by atomic mass is 35.5. The molecule has 22 heavy (non-hydrogen) atoms. The molecule has 0 bridgehead atoms. The summed E-state index contributed by atoms with van der Waals surface area (Å²) in [4.78, 5) is 12.0. The third kappa shape index (κ3) is 2.94. The first-order valence-electron chi connectivity index (χ1n) is 6.71. The largest absolute Gasteiger partial charge is 0.422 e. The highest BCUT2D eigenvalue weighted by Gasteiger charge is 2.22. The minimum atomic E-state index is -0.411. The van der Waals surface area contributed by atoms with Crippen molar-refractivity contribution in [3.8, 4) is 0 Å². The van der Waals surface area contributed by atoms with Crippen LogP contribution in [0, 0.1) is 6.92 Å². The molecule has 1 aliphatic rings. The number of hydrogen-bond donors (Lipinski definition) is 0. The molecular weight excluding hydrogens is 319 g/mol. The fourth-order valence-corrected chi connectivity index (χ4v) is 2.66. The quantitative estimate of drug-likeness (QED) is 0.552. The number of hydrogen-bond acceptors (Lipinski definition) is 2. The zero-order valence-electron chi connectivity index (χ0n) is 11.8. The van der Waals surface area contributed by atoms with E-state index in [0.717, 1.165) is 11.1 Å². The predicted molar refractivity (Wildman–Crippen MR) is 89.7 cm³/mol. The van der Waals surface area contributed by atoms with E-state index in [0.29, 0.717) is 26.9 Å². The molecule has 0 atom stereocenters. The summed E-state index contributed by atoms with van der Waals surface area (Å²) in [6.45, 7) is 2.00. The lowest BCUT2D eigenvalue weighted by atomic mass is 10.1. The van der Waals surface area contributed by atoms with Gasteiger partial charge in [0.25, 0.3) is 0 Å². The number of esters is 1. The van der Waals surface area contributed by atoms with Gasteiger partial charge >= 0.3 is 5.97 Å². The van der Waals surface area contributed by atoms with E-state index in [-0.39, 0.29) is 0 Å². The molecule has 0 unspecified atom stereocenters. The maximum Gasteiger partial charge on any atom is 0.343 e. The molecule has 0 radical (unpaired) electrons. The number of rotatable bonds is 2. The fraction of sp³-hybridized carbons (Fsp3) is 0.0556. The molecule has 4 heteroatoms. The Balaban J connectivity index is 1.99. The van der Waals surface area contributed by atoms with E-state index in [9.17, 15) is 4.79 Å². The Bertz CT molecular complexity index is 782. The summed E-state index contributed by atoms with van der Waals surface area (Å²) in [6.07, 6.45) is 3.35. The minimum Gasteiger partial charge on any atom is -0.422 e. The van der Waals surface area contributed by atoms with Crippen molar-refractivity contribution in [2.45, 2.75) is 6.92 Å². The van der Waals surface area contributed by atoms with Gasteiger partial charge in [0.1, 0.15) is 5.76 Å². The summed E-state index contributed by atoms with van der Waals surface area (Å²) in [5.74, 6) is 0.117. The Kier molecular flexibility index (Phi) is 4.06. The summed E-state index contributed by atoms with van der Waals surface area (Å²) < 4.78 is 5.32. The number of halogens is 2. The van der Waals surface area contributed by atoms with Crippen LogP contribution in [0.2, 0.25) is 10.0 Å². The lowest BCUT2D eigenvalue weighted by molar-refractivity contribution is -0.130. The SMILES string of the molecule is Cc1ccc(C2=CC(=Cc3c(Cl)cccc3Cl)C(=O)O2)cc1. The summed E-state index contributed by atoms with van der Waals surface area (Å²) in [6, 6.07) is 13.0. The van der Waals surface area contributed by atoms with Gasteiger partial charge in [-0.15, -0.1) is 0 Å². The van der Waals surface area contributed by atoms with Crippen molar-refractivity contribution in [3.63, 3.8) is 0 Å². The Morgan fingerprint density at radius 1 is 1.00 bits per heavy atom. The first kappa shape index (κ1) is 14.9. The van der Waals surface area contributed by atoms with Crippen LogP contribution in [0.1, 0.15) is 16.7 Å². The highest BCUT2D eigenvalue weighted by molar-refractivity contribution is 6.37. The Labute approximate surface area is 138 Å². The first-order chi connectivity index (χ1) is 10.5. The summed E-state index contributed by atoms with van der Waals surface area (Å²) >= 11 is 12.2. The van der Waals surface area contributed by atoms with Gasteiger partial charge in [0.15, 0.2) is 0 Å². The Hall–Kier alpha value is -2.03. The topological polar surface area (TPSA) is 26.3 Å². The molecule has 0 spiro atoms. The molecule has 2 aromatic rings. The van der Waals surface area contributed by atoms with Crippen LogP contribution in [0.15, 0.2) is 54.1 Å². The van der Waals surface area contributed by atoms with Gasteiger partial charge in [-0.3, -0.25) is 0 Å². The zero-order chi connectivity index (χ0) is 15.7. The molecule has 0 aliphatic carbocycles. The van der Waals surface area contributed by atoms with Crippen LogP contribution in [0.25, 0.3) is 11.8 Å². The van der Waals surface area contributed by atoms with Crippen molar-refractivity contribution in [2.24, 2.45) is 0 Å². The normalized spacial score (nSPS) is 15.9. The highest BCUT2D eigenvalue weighted by Crippen LogP contribution is 2.31. The summed E-state index contributed by atoms with van der Waals surface area (Å²) in [7, 11) is 0. The van der Waals surface area contributed by atoms with Crippen molar-refractivity contribution in [3.05, 3.63) is 80.8 Å². The maximum atomic E-state index is 12.0. The van der Waals surface area contributed by atoms with E-state index in [4.69, 9.17) is 27.9 Å². The smallest absolute Gasteiger partial charge is 0.343 e. The molecule has 0 saturated carbocycles. The van der Waals surface area contributed by atoms with Crippen LogP contribution in [0.5, 0.6) is 0 Å². The molecule has 110 valence electrons. The van der Waals surface area contributed by atoms with Crippen LogP contribution < -0.4 is 0 Å². The van der Waals surface area contributed by atoms with Gasteiger partial charge in [-0.25, -0.2) is 4.79 Å². The third-order valence-electron chi connectivity index (χ3n) is 3.36. The van der Waals surface area contributed by atoms with Gasteiger partial charge in [0.2, 0.25) is 0 Å². The number of benzene rings is 2. The van der Waals surface area contributed by atoms with Crippen molar-refractivity contribution in [1.29, 1.82) is 0 Å². The summed E-state index contributed by atoms with van der Waals surface area (Å²) in [5.41, 5.74) is 3.03. The van der Waals surface area contributed by atoms with Crippen molar-refractivity contribution in [2.75, 3.05) is 0 Å². The zero-order valence-corrected chi connectivity index (χ0v) is 13.3. The summed E-state index contributed by atoms with van der Waals surface area (Å²) in [5, 5.41) is 0.981. The minimum absolute atomic E-state index is 0.411. The predicted octanol–water partition coefficient (Wildman–Crippen LogP) is 5.28. The number of carbonyl (C=O) groups is 1. The van der Waals surface area contributed by atoms with E-state index < -0.39 is 5.97 Å². The first-order valence-corrected chi connectivity index (χ1v) is 7.47. The van der Waals surface area contributed by atoms with Gasteiger partial charge < -0.3 is 4.74 Å². The second-order valence-corrected chi connectivity index (χ2v) is 5.81. The molecule has 1 aliphatic heterocycles. The number of aryl methyl sites for hydroxylation is 1. The number of ether oxygens (including phenoxy) is 1. The van der Waals surface area contributed by atoms with Crippen molar-refractivity contribution < 1.29 is 9.53 Å². The van der Waals surface area contributed by atoms with Crippen LogP contribution in [-0.2, 0) is 9.53 Å². The van der Waals surface area contributed by atoms with Crippen molar-refractivity contribution >= 4 is 41.0 Å². The lowest BCUT2D eigenvalue weighted by Gasteiger charge is -2.02. The van der Waals surface area contributed by atoms with E-state index in [2.05, 4.69) is 0 Å². The third-order valence-corrected chi connectivity index (χ3v) is 4.02. The monoisotopic (exact) mass is 330 g/mol. The van der Waals surface area contributed by atoms with Gasteiger partial charge in [-0.05, 0) is 31.2 Å². The average Bonchev–Trinajstić information content (AvgIpc) is 2.85. The van der Waals surface area contributed by atoms with Crippen LogP contribution >= 0.6 is 23.2 Å². The van der Waals surface area contributed by atoms with Crippen LogP contribution in [0.4, 0.5) is 0 Å². The van der Waals surface area contributed by atoms with Gasteiger partial charge in [-0.1, -0.05) is 59.1 Å². The Morgan fingerprint density at radius 3 is 2.27 bits per heavy atom. The molecule has 0 fully saturated rings. The van der Waals surface area contributed by atoms with Gasteiger partial charge in [0, 0.05) is 21.2 Å². The molecule has 0 aromatic heterocycles. The molecule has 0 saturated heterocycles. The van der Waals surface area contributed by atoms with E-state index in [1.165, 1.54) is 0 Å². The molecule has 0 amide bonds. The van der Waals surface area contributed by atoms with E-state index in [1.54, 1.807) is 30.4 Å². The number of carbonyl (C=O) groups excluding carboxylic acids is 1. The van der Waals surface area contributed by atoms with E-state index in [1.807, 2.05) is 31.2 Å². The second-order valence-electron chi connectivity index (χ2n) is 5.00. The standard InChI is InChI=1S/C18H12Cl2O2/c1-11-5-7-12(8-6-11)17-10-13(18(21)22-17)9-14-15(19)3-2-4-16(14)20/h2-10H,1H3. The second kappa shape index (κ2) is 5.99. The molecule has 2 aromatic carbocycles. The Morgan fingerprint density at radius 2 is 1.64 bits per heavy atom. The molecule has 3 rings (SSSR count). The average molecular weight is 331 g/mol. The molecule has 0 N–H and O–H groups in total. The maximum absolute atomic E-state index is 12.0. The van der Waals surface area contributed by atoms with E-state index >= 15 is 0 Å². The van der Waals surface area contributed by atoms with Gasteiger partial charge in [0.05, 0.1) is 5.57 Å².